The molecule has 0 aliphatic heterocycles. The summed E-state index contributed by atoms with van der Waals surface area (Å²) in [5.41, 5.74) is 0.209. The maximum Gasteiger partial charge on any atom is 0.343 e. The van der Waals surface area contributed by atoms with Crippen molar-refractivity contribution in [2.45, 2.75) is 6.17 Å². The average Bonchev–Trinajstić information content (AvgIpc) is 2.27. The zero-order valence-corrected chi connectivity index (χ0v) is 7.85. The summed E-state index contributed by atoms with van der Waals surface area (Å²) < 4.78 is 13.4. The third-order valence-electron chi connectivity index (χ3n) is 2.31. The molecule has 15 heavy (non-hydrogen) atoms. The topological polar surface area (TPSA) is 37.3 Å². The Labute approximate surface area is 86.0 Å². The Hall–Kier alpha value is -1.90. The Kier molecular flexibility index (Phi) is 2.37. The second-order valence-electron chi connectivity index (χ2n) is 3.27. The maximum atomic E-state index is 13.4. The number of alkyl halides is 1. The minimum atomic E-state index is -1.96. The fourth-order valence-corrected chi connectivity index (χ4v) is 1.60. The number of halogens is 1. The van der Waals surface area contributed by atoms with E-state index in [-0.39, 0.29) is 5.56 Å². The summed E-state index contributed by atoms with van der Waals surface area (Å²) in [7, 11) is 0. The van der Waals surface area contributed by atoms with Crippen molar-refractivity contribution in [2.24, 2.45) is 0 Å². The molecule has 0 aromatic heterocycles. The lowest BCUT2D eigenvalue weighted by Crippen LogP contribution is -2.06. The smallest absolute Gasteiger partial charge is 0.343 e. The Morgan fingerprint density at radius 1 is 1.13 bits per heavy atom. The van der Waals surface area contributed by atoms with Crippen LogP contribution in [0.5, 0.6) is 0 Å². The largest absolute Gasteiger partial charge is 0.479 e. The molecule has 0 bridgehead atoms. The lowest BCUT2D eigenvalue weighted by molar-refractivity contribution is -0.142. The summed E-state index contributed by atoms with van der Waals surface area (Å²) in [5, 5.41) is 10.1. The van der Waals surface area contributed by atoms with Crippen LogP contribution in [-0.2, 0) is 4.79 Å². The summed E-state index contributed by atoms with van der Waals surface area (Å²) >= 11 is 0. The molecular formula is C12H9FO2. The van der Waals surface area contributed by atoms with E-state index in [0.717, 1.165) is 5.39 Å². The normalized spacial score (nSPS) is 12.6. The number of carboxylic acids is 1. The van der Waals surface area contributed by atoms with Gasteiger partial charge in [-0.15, -0.1) is 0 Å². The van der Waals surface area contributed by atoms with Crippen LogP contribution in [0.4, 0.5) is 4.39 Å². The van der Waals surface area contributed by atoms with Gasteiger partial charge in [0.15, 0.2) is 0 Å². The van der Waals surface area contributed by atoms with Crippen molar-refractivity contribution < 1.29 is 14.3 Å². The number of hydrogen-bond acceptors (Lipinski definition) is 1. The van der Waals surface area contributed by atoms with Gasteiger partial charge in [0.2, 0.25) is 6.17 Å². The van der Waals surface area contributed by atoms with Crippen LogP contribution in [0.1, 0.15) is 11.7 Å². The van der Waals surface area contributed by atoms with Gasteiger partial charge >= 0.3 is 5.97 Å². The number of rotatable bonds is 2. The lowest BCUT2D eigenvalue weighted by Gasteiger charge is -2.07. The van der Waals surface area contributed by atoms with Gasteiger partial charge in [-0.05, 0) is 10.8 Å². The molecule has 0 saturated carbocycles. The molecule has 2 rings (SSSR count). The molecule has 0 saturated heterocycles. The van der Waals surface area contributed by atoms with Gasteiger partial charge in [0.25, 0.3) is 0 Å². The van der Waals surface area contributed by atoms with Gasteiger partial charge in [-0.1, -0.05) is 42.5 Å². The van der Waals surface area contributed by atoms with Gasteiger partial charge in [-0.2, -0.15) is 0 Å². The lowest BCUT2D eigenvalue weighted by atomic mass is 10.0. The minimum absolute atomic E-state index is 0.209. The first-order valence-corrected chi connectivity index (χ1v) is 4.54. The third kappa shape index (κ3) is 1.68. The molecule has 0 aliphatic rings. The number of hydrogen-bond donors (Lipinski definition) is 1. The number of fused-ring (bicyclic) bond motifs is 1. The van der Waals surface area contributed by atoms with Gasteiger partial charge in [0.1, 0.15) is 0 Å². The fraction of sp³-hybridized carbons (Fsp3) is 0.0833. The van der Waals surface area contributed by atoms with Crippen LogP contribution in [0.15, 0.2) is 42.5 Å². The predicted molar refractivity (Wildman–Crippen MR) is 55.4 cm³/mol. The van der Waals surface area contributed by atoms with Crippen LogP contribution in [0.25, 0.3) is 10.8 Å². The monoisotopic (exact) mass is 204 g/mol. The van der Waals surface area contributed by atoms with Crippen LogP contribution < -0.4 is 0 Å². The number of carboxylic acid groups (broad SMARTS) is 1. The molecule has 0 heterocycles. The van der Waals surface area contributed by atoms with Crippen molar-refractivity contribution in [3.63, 3.8) is 0 Å². The number of benzene rings is 2. The molecule has 3 heteroatoms. The molecule has 1 atom stereocenters. The average molecular weight is 204 g/mol. The highest BCUT2D eigenvalue weighted by Gasteiger charge is 2.19. The van der Waals surface area contributed by atoms with Gasteiger partial charge in [0.05, 0.1) is 0 Å². The Morgan fingerprint density at radius 2 is 1.80 bits per heavy atom. The van der Waals surface area contributed by atoms with Crippen LogP contribution in [0, 0.1) is 0 Å². The molecule has 2 aromatic carbocycles. The van der Waals surface area contributed by atoms with E-state index in [4.69, 9.17) is 5.11 Å². The van der Waals surface area contributed by atoms with E-state index in [9.17, 15) is 9.18 Å². The number of aliphatic carboxylic acids is 1. The first-order chi connectivity index (χ1) is 7.20. The summed E-state index contributed by atoms with van der Waals surface area (Å²) in [4.78, 5) is 10.6. The Balaban J connectivity index is 2.65. The third-order valence-corrected chi connectivity index (χ3v) is 2.31. The van der Waals surface area contributed by atoms with E-state index in [1.54, 1.807) is 18.2 Å². The minimum Gasteiger partial charge on any atom is -0.479 e. The highest BCUT2D eigenvalue weighted by molar-refractivity contribution is 5.89. The van der Waals surface area contributed by atoms with E-state index in [0.29, 0.717) is 5.39 Å². The van der Waals surface area contributed by atoms with Gasteiger partial charge < -0.3 is 5.11 Å². The Morgan fingerprint density at radius 3 is 2.53 bits per heavy atom. The van der Waals surface area contributed by atoms with Crippen molar-refractivity contribution in [3.8, 4) is 0 Å². The Bertz CT molecular complexity index is 502. The number of carbonyl (C=O) groups is 1. The molecule has 76 valence electrons. The molecule has 0 aliphatic carbocycles. The summed E-state index contributed by atoms with van der Waals surface area (Å²) in [6.45, 7) is 0. The van der Waals surface area contributed by atoms with Crippen LogP contribution in [0.3, 0.4) is 0 Å². The van der Waals surface area contributed by atoms with Crippen molar-refractivity contribution in [3.05, 3.63) is 48.0 Å². The standard InChI is InChI=1S/C12H9FO2/c13-11(12(14)15)10-7-3-5-8-4-1-2-6-9(8)10/h1-7,11H,(H,14,15). The molecule has 1 N–H and O–H groups in total. The second-order valence-corrected chi connectivity index (χ2v) is 3.27. The highest BCUT2D eigenvalue weighted by atomic mass is 19.1. The molecule has 0 fully saturated rings. The van der Waals surface area contributed by atoms with Gasteiger partial charge in [-0.3, -0.25) is 0 Å². The van der Waals surface area contributed by atoms with Gasteiger partial charge in [0, 0.05) is 5.56 Å². The molecule has 2 aromatic rings. The molecule has 1 unspecified atom stereocenters. The molecular weight excluding hydrogens is 195 g/mol. The predicted octanol–water partition coefficient (Wildman–Crippen LogP) is 2.94. The van der Waals surface area contributed by atoms with Crippen molar-refractivity contribution in [2.75, 3.05) is 0 Å². The first kappa shape index (κ1) is 9.65. The molecule has 0 spiro atoms. The van der Waals surface area contributed by atoms with Crippen molar-refractivity contribution in [1.29, 1.82) is 0 Å². The zero-order chi connectivity index (χ0) is 10.8. The van der Waals surface area contributed by atoms with Crippen LogP contribution in [-0.4, -0.2) is 11.1 Å². The van der Waals surface area contributed by atoms with Crippen LogP contribution >= 0.6 is 0 Å². The summed E-state index contributed by atoms with van der Waals surface area (Å²) in [6.07, 6.45) is -1.96. The highest BCUT2D eigenvalue weighted by Crippen LogP contribution is 2.26. The SMILES string of the molecule is O=C(O)C(F)c1cccc2ccccc12. The fourth-order valence-electron chi connectivity index (χ4n) is 1.60. The maximum absolute atomic E-state index is 13.4. The second kappa shape index (κ2) is 3.69. The van der Waals surface area contributed by atoms with Crippen molar-refractivity contribution >= 4 is 16.7 Å². The molecule has 0 amide bonds. The quantitative estimate of drug-likeness (QED) is 0.816. The van der Waals surface area contributed by atoms with E-state index in [1.807, 2.05) is 18.2 Å². The summed E-state index contributed by atoms with van der Waals surface area (Å²) in [6, 6.07) is 12.1. The van der Waals surface area contributed by atoms with E-state index in [1.165, 1.54) is 6.07 Å². The van der Waals surface area contributed by atoms with E-state index < -0.39 is 12.1 Å². The van der Waals surface area contributed by atoms with Crippen molar-refractivity contribution in [1.82, 2.24) is 0 Å². The van der Waals surface area contributed by atoms with Gasteiger partial charge in [-0.25, -0.2) is 9.18 Å². The summed E-state index contributed by atoms with van der Waals surface area (Å²) in [5.74, 6) is -1.45. The molecule has 2 nitrogen and oxygen atoms in total. The van der Waals surface area contributed by atoms with E-state index in [2.05, 4.69) is 0 Å². The molecule has 0 radical (unpaired) electrons. The van der Waals surface area contributed by atoms with Crippen LogP contribution in [0.2, 0.25) is 0 Å². The first-order valence-electron chi connectivity index (χ1n) is 4.54. The van der Waals surface area contributed by atoms with E-state index >= 15 is 0 Å². The zero-order valence-electron chi connectivity index (χ0n) is 7.85.